The maximum atomic E-state index is 5.74. The number of aromatic nitrogens is 1. The maximum absolute atomic E-state index is 5.74. The molecule has 0 saturated carbocycles. The van der Waals surface area contributed by atoms with Crippen LogP contribution in [-0.2, 0) is 9.47 Å². The average Bonchev–Trinajstić information content (AvgIpc) is 2.87. The van der Waals surface area contributed by atoms with Crippen molar-refractivity contribution >= 4 is 22.5 Å². The van der Waals surface area contributed by atoms with Crippen LogP contribution in [0.3, 0.4) is 0 Å². The molecule has 0 spiro atoms. The molecule has 0 radical (unpaired) electrons. The highest BCUT2D eigenvalue weighted by atomic mass is 35.5. The lowest BCUT2D eigenvalue weighted by molar-refractivity contribution is -0.0566. The van der Waals surface area contributed by atoms with Gasteiger partial charge in [-0.3, -0.25) is 4.98 Å². The predicted octanol–water partition coefficient (Wildman–Crippen LogP) is 2.89. The fraction of sp³-hybridized carbons (Fsp3) is 0.308. The number of ether oxygens (including phenoxy) is 2. The summed E-state index contributed by atoms with van der Waals surface area (Å²) in [4.78, 5) is 4.28. The van der Waals surface area contributed by atoms with Crippen LogP contribution in [0.4, 0.5) is 0 Å². The standard InChI is InChI=1S/C13H12ClNO2/c14-7-11-8-16-13(17-11)10-3-4-12-9(6-10)2-1-5-15-12/h1-6,11,13H,7-8H2. The van der Waals surface area contributed by atoms with Crippen LogP contribution < -0.4 is 0 Å². The van der Waals surface area contributed by atoms with Crippen LogP contribution in [0.2, 0.25) is 0 Å². The van der Waals surface area contributed by atoms with Crippen LogP contribution in [0.25, 0.3) is 10.9 Å². The number of fused-ring (bicyclic) bond motifs is 1. The lowest BCUT2D eigenvalue weighted by Crippen LogP contribution is -2.10. The molecule has 0 bridgehead atoms. The first kappa shape index (κ1) is 11.0. The van der Waals surface area contributed by atoms with Gasteiger partial charge in [0.25, 0.3) is 0 Å². The van der Waals surface area contributed by atoms with Gasteiger partial charge < -0.3 is 9.47 Å². The minimum absolute atomic E-state index is 0.00809. The topological polar surface area (TPSA) is 31.4 Å². The molecule has 1 aromatic heterocycles. The van der Waals surface area contributed by atoms with Gasteiger partial charge in [-0.05, 0) is 18.2 Å². The van der Waals surface area contributed by atoms with Gasteiger partial charge in [0, 0.05) is 17.1 Å². The van der Waals surface area contributed by atoms with Crippen molar-refractivity contribution in [2.75, 3.05) is 12.5 Å². The van der Waals surface area contributed by atoms with Gasteiger partial charge in [-0.25, -0.2) is 0 Å². The zero-order valence-electron chi connectivity index (χ0n) is 9.17. The first-order chi connectivity index (χ1) is 8.36. The largest absolute Gasteiger partial charge is 0.346 e. The van der Waals surface area contributed by atoms with Gasteiger partial charge in [0.05, 0.1) is 24.1 Å². The van der Waals surface area contributed by atoms with E-state index in [1.165, 1.54) is 0 Å². The fourth-order valence-corrected chi connectivity index (χ4v) is 2.11. The molecule has 0 aliphatic carbocycles. The third-order valence-corrected chi connectivity index (χ3v) is 3.17. The lowest BCUT2D eigenvalue weighted by Gasteiger charge is -2.11. The van der Waals surface area contributed by atoms with E-state index in [0.29, 0.717) is 12.5 Å². The number of hydrogen-bond donors (Lipinski definition) is 0. The zero-order chi connectivity index (χ0) is 11.7. The first-order valence-electron chi connectivity index (χ1n) is 5.54. The molecule has 2 aromatic rings. The molecule has 1 aliphatic rings. The minimum Gasteiger partial charge on any atom is -0.346 e. The second kappa shape index (κ2) is 4.61. The summed E-state index contributed by atoms with van der Waals surface area (Å²) < 4.78 is 11.2. The van der Waals surface area contributed by atoms with Crippen LogP contribution in [0.15, 0.2) is 36.5 Å². The average molecular weight is 250 g/mol. The fourth-order valence-electron chi connectivity index (χ4n) is 1.94. The molecule has 1 saturated heterocycles. The molecule has 1 fully saturated rings. The zero-order valence-corrected chi connectivity index (χ0v) is 9.93. The van der Waals surface area contributed by atoms with E-state index in [9.17, 15) is 0 Å². The van der Waals surface area contributed by atoms with E-state index < -0.39 is 0 Å². The predicted molar refractivity (Wildman–Crippen MR) is 66.0 cm³/mol. The van der Waals surface area contributed by atoms with Crippen molar-refractivity contribution in [3.05, 3.63) is 42.1 Å². The molecule has 17 heavy (non-hydrogen) atoms. The summed E-state index contributed by atoms with van der Waals surface area (Å²) in [7, 11) is 0. The van der Waals surface area contributed by atoms with Crippen molar-refractivity contribution in [1.29, 1.82) is 0 Å². The number of halogens is 1. The quantitative estimate of drug-likeness (QED) is 0.767. The molecule has 0 N–H and O–H groups in total. The monoisotopic (exact) mass is 249 g/mol. The van der Waals surface area contributed by atoms with Crippen molar-refractivity contribution in [3.8, 4) is 0 Å². The smallest absolute Gasteiger partial charge is 0.184 e. The Hall–Kier alpha value is -1.16. The van der Waals surface area contributed by atoms with Crippen LogP contribution in [0, 0.1) is 0 Å². The van der Waals surface area contributed by atoms with E-state index >= 15 is 0 Å². The molecule has 3 rings (SSSR count). The van der Waals surface area contributed by atoms with Crippen LogP contribution in [0.5, 0.6) is 0 Å². The Labute approximate surface area is 104 Å². The molecule has 0 amide bonds. The van der Waals surface area contributed by atoms with Gasteiger partial charge in [-0.2, -0.15) is 0 Å². The number of rotatable bonds is 2. The number of pyridine rings is 1. The third kappa shape index (κ3) is 2.14. The van der Waals surface area contributed by atoms with E-state index in [-0.39, 0.29) is 12.4 Å². The Balaban J connectivity index is 1.91. The highest BCUT2D eigenvalue weighted by Gasteiger charge is 2.26. The SMILES string of the molecule is ClCC1COC(c2ccc3ncccc3c2)O1. The van der Waals surface area contributed by atoms with E-state index in [4.69, 9.17) is 21.1 Å². The molecule has 2 atom stereocenters. The molecule has 1 aliphatic heterocycles. The van der Waals surface area contributed by atoms with E-state index in [1.807, 2.05) is 30.3 Å². The van der Waals surface area contributed by atoms with Gasteiger partial charge in [0.15, 0.2) is 6.29 Å². The summed E-state index contributed by atoms with van der Waals surface area (Å²) in [6, 6.07) is 9.95. The molecule has 88 valence electrons. The van der Waals surface area contributed by atoms with Gasteiger partial charge in [-0.15, -0.1) is 11.6 Å². The van der Waals surface area contributed by atoms with Gasteiger partial charge in [-0.1, -0.05) is 12.1 Å². The molecule has 3 nitrogen and oxygen atoms in total. The van der Waals surface area contributed by atoms with Crippen LogP contribution in [-0.4, -0.2) is 23.6 Å². The van der Waals surface area contributed by atoms with E-state index in [2.05, 4.69) is 4.98 Å². The molecular weight excluding hydrogens is 238 g/mol. The van der Waals surface area contributed by atoms with Crippen LogP contribution >= 0.6 is 11.6 Å². The summed E-state index contributed by atoms with van der Waals surface area (Å²) in [5.41, 5.74) is 1.99. The third-order valence-electron chi connectivity index (χ3n) is 2.82. The van der Waals surface area contributed by atoms with Crippen molar-refractivity contribution < 1.29 is 9.47 Å². The highest BCUT2D eigenvalue weighted by molar-refractivity contribution is 6.18. The van der Waals surface area contributed by atoms with Crippen molar-refractivity contribution in [2.24, 2.45) is 0 Å². The Kier molecular flexibility index (Phi) is 2.97. The molecule has 4 heteroatoms. The number of alkyl halides is 1. The Morgan fingerprint density at radius 3 is 3.12 bits per heavy atom. The van der Waals surface area contributed by atoms with E-state index in [1.54, 1.807) is 6.20 Å². The van der Waals surface area contributed by atoms with Gasteiger partial charge >= 0.3 is 0 Å². The van der Waals surface area contributed by atoms with Crippen molar-refractivity contribution in [1.82, 2.24) is 4.98 Å². The molecule has 2 heterocycles. The normalized spacial score (nSPS) is 24.3. The van der Waals surface area contributed by atoms with Gasteiger partial charge in [0.2, 0.25) is 0 Å². The molecule has 2 unspecified atom stereocenters. The summed E-state index contributed by atoms with van der Waals surface area (Å²) in [5, 5.41) is 1.09. The number of benzene rings is 1. The molecule has 1 aromatic carbocycles. The minimum atomic E-state index is -0.302. The second-order valence-corrected chi connectivity index (χ2v) is 4.34. The van der Waals surface area contributed by atoms with Gasteiger partial charge in [0.1, 0.15) is 0 Å². The summed E-state index contributed by atoms with van der Waals surface area (Å²) in [6.07, 6.45) is 1.48. The summed E-state index contributed by atoms with van der Waals surface area (Å²) >= 11 is 5.74. The first-order valence-corrected chi connectivity index (χ1v) is 6.08. The highest BCUT2D eigenvalue weighted by Crippen LogP contribution is 2.29. The summed E-state index contributed by atoms with van der Waals surface area (Å²) in [5.74, 6) is 0.464. The van der Waals surface area contributed by atoms with Crippen molar-refractivity contribution in [3.63, 3.8) is 0 Å². The second-order valence-electron chi connectivity index (χ2n) is 4.03. The number of nitrogens with zero attached hydrogens (tertiary/aromatic N) is 1. The van der Waals surface area contributed by atoms with Crippen molar-refractivity contribution in [2.45, 2.75) is 12.4 Å². The Morgan fingerprint density at radius 2 is 2.29 bits per heavy atom. The lowest BCUT2D eigenvalue weighted by atomic mass is 10.1. The Bertz CT molecular complexity index is 532. The van der Waals surface area contributed by atoms with E-state index in [0.717, 1.165) is 16.5 Å². The number of hydrogen-bond acceptors (Lipinski definition) is 3. The maximum Gasteiger partial charge on any atom is 0.184 e. The molecular formula is C13H12ClNO2. The Morgan fingerprint density at radius 1 is 1.35 bits per heavy atom. The summed E-state index contributed by atoms with van der Waals surface area (Å²) in [6.45, 7) is 0.555. The van der Waals surface area contributed by atoms with Crippen LogP contribution in [0.1, 0.15) is 11.9 Å².